The Kier molecular flexibility index (Phi) is 8.55. The van der Waals surface area contributed by atoms with Crippen LogP contribution in [0.4, 0.5) is 5.69 Å². The summed E-state index contributed by atoms with van der Waals surface area (Å²) in [7, 11) is -2.91. The molecular formula is C29H32N4O5S. The second-order valence-electron chi connectivity index (χ2n) is 9.60. The molecule has 3 heterocycles. The number of nitrogens with one attached hydrogen (secondary N) is 1. The van der Waals surface area contributed by atoms with Crippen molar-refractivity contribution in [3.63, 3.8) is 0 Å². The first kappa shape index (κ1) is 26.9. The van der Waals surface area contributed by atoms with Crippen molar-refractivity contribution in [2.24, 2.45) is 0 Å². The molecule has 5 rings (SSSR count). The summed E-state index contributed by atoms with van der Waals surface area (Å²) in [6.07, 6.45) is 2.22. The molecule has 2 aromatic carbocycles. The minimum atomic E-state index is -2.91. The first-order valence-corrected chi connectivity index (χ1v) is 14.1. The fraction of sp³-hybridized carbons (Fsp3) is 0.310. The van der Waals surface area contributed by atoms with Gasteiger partial charge in [-0.05, 0) is 42.3 Å². The molecule has 0 radical (unpaired) electrons. The van der Waals surface area contributed by atoms with Crippen LogP contribution in [0, 0.1) is 0 Å². The molecule has 4 aromatic rings. The van der Waals surface area contributed by atoms with Crippen molar-refractivity contribution in [1.29, 1.82) is 0 Å². The number of furan rings is 1. The third-order valence-electron chi connectivity index (χ3n) is 7.02. The van der Waals surface area contributed by atoms with Crippen molar-refractivity contribution in [3.05, 3.63) is 95.5 Å². The highest BCUT2D eigenvalue weighted by Crippen LogP contribution is 2.30. The van der Waals surface area contributed by atoms with E-state index in [0.29, 0.717) is 6.54 Å². The standard InChI is InChI=1S/C29H32N4O5S/c1-21(38-39(35)36)23-10-8-22(9-11-23)20-31-29(34)27-19-24-5-4-7-26(28(24)37-27)33-17-15-32(16-18-33)14-12-25-6-2-3-13-30-25/h2-11,13,19,21,39H,12,14-18,20H2,1H3,(H,31,34). The maximum absolute atomic E-state index is 12.9. The average Bonchev–Trinajstić information content (AvgIpc) is 3.40. The molecule has 1 saturated heterocycles. The number of pyridine rings is 1. The molecular weight excluding hydrogens is 516 g/mol. The monoisotopic (exact) mass is 548 g/mol. The number of aromatic nitrogens is 1. The molecule has 0 bridgehead atoms. The summed E-state index contributed by atoms with van der Waals surface area (Å²) in [5.41, 5.74) is 4.45. The van der Waals surface area contributed by atoms with Crippen LogP contribution in [-0.4, -0.2) is 56.9 Å². The zero-order chi connectivity index (χ0) is 27.2. The van der Waals surface area contributed by atoms with E-state index in [9.17, 15) is 13.2 Å². The molecule has 1 N–H and O–H groups in total. The number of anilines is 1. The number of nitrogens with zero attached hydrogens (tertiary/aromatic N) is 3. The van der Waals surface area contributed by atoms with Crippen molar-refractivity contribution in [2.75, 3.05) is 37.6 Å². The number of thiol groups is 1. The van der Waals surface area contributed by atoms with Crippen LogP contribution in [0.25, 0.3) is 11.0 Å². The Morgan fingerprint density at radius 2 is 1.85 bits per heavy atom. The number of hydrogen-bond donors (Lipinski definition) is 2. The van der Waals surface area contributed by atoms with Gasteiger partial charge in [0.25, 0.3) is 16.9 Å². The highest BCUT2D eigenvalue weighted by atomic mass is 32.2. The van der Waals surface area contributed by atoms with E-state index in [1.807, 2.05) is 48.7 Å². The van der Waals surface area contributed by atoms with Gasteiger partial charge in [-0.2, -0.15) is 0 Å². The maximum Gasteiger partial charge on any atom is 0.287 e. The minimum Gasteiger partial charge on any atom is -0.449 e. The number of carbonyl (C=O) groups excluding carboxylic acids is 1. The first-order valence-electron chi connectivity index (χ1n) is 13.0. The van der Waals surface area contributed by atoms with Crippen molar-refractivity contribution >= 4 is 33.5 Å². The van der Waals surface area contributed by atoms with E-state index < -0.39 is 17.1 Å². The molecule has 9 nitrogen and oxygen atoms in total. The SMILES string of the molecule is CC(O[SH](=O)=O)c1ccc(CNC(=O)c2cc3cccc(N4CCN(CCc5ccccn5)CC4)c3o2)cc1. The van der Waals surface area contributed by atoms with Crippen molar-refractivity contribution in [3.8, 4) is 0 Å². The average molecular weight is 549 g/mol. The Labute approximate surface area is 229 Å². The molecule has 1 atom stereocenters. The largest absolute Gasteiger partial charge is 0.449 e. The summed E-state index contributed by atoms with van der Waals surface area (Å²) in [6.45, 7) is 6.64. The molecule has 39 heavy (non-hydrogen) atoms. The summed E-state index contributed by atoms with van der Waals surface area (Å²) in [6, 6.07) is 21.1. The molecule has 0 saturated carbocycles. The quantitative estimate of drug-likeness (QED) is 0.289. The van der Waals surface area contributed by atoms with Crippen LogP contribution < -0.4 is 10.2 Å². The minimum absolute atomic E-state index is 0.268. The van der Waals surface area contributed by atoms with Crippen LogP contribution in [0.1, 0.15) is 40.4 Å². The van der Waals surface area contributed by atoms with E-state index >= 15 is 0 Å². The third kappa shape index (κ3) is 6.83. The number of benzene rings is 2. The smallest absolute Gasteiger partial charge is 0.287 e. The molecule has 2 aromatic heterocycles. The summed E-state index contributed by atoms with van der Waals surface area (Å²) < 4.78 is 32.4. The van der Waals surface area contributed by atoms with Gasteiger partial charge in [0.05, 0.1) is 11.8 Å². The van der Waals surface area contributed by atoms with Gasteiger partial charge in [-0.25, -0.2) is 8.42 Å². The van der Waals surface area contributed by atoms with E-state index in [2.05, 4.69) is 26.2 Å². The van der Waals surface area contributed by atoms with E-state index in [-0.39, 0.29) is 11.7 Å². The lowest BCUT2D eigenvalue weighted by molar-refractivity contribution is 0.0925. The molecule has 0 spiro atoms. The molecule has 1 fully saturated rings. The lowest BCUT2D eigenvalue weighted by Gasteiger charge is -2.36. The Morgan fingerprint density at radius 1 is 1.05 bits per heavy atom. The van der Waals surface area contributed by atoms with E-state index in [0.717, 1.165) is 72.6 Å². The first-order chi connectivity index (χ1) is 19.0. The van der Waals surface area contributed by atoms with Gasteiger partial charge in [0, 0.05) is 63.0 Å². The third-order valence-corrected chi connectivity index (χ3v) is 7.51. The Morgan fingerprint density at radius 3 is 2.56 bits per heavy atom. The van der Waals surface area contributed by atoms with Gasteiger partial charge in [0.15, 0.2) is 11.3 Å². The van der Waals surface area contributed by atoms with Gasteiger partial charge < -0.3 is 14.6 Å². The van der Waals surface area contributed by atoms with Gasteiger partial charge in [-0.3, -0.25) is 18.9 Å². The molecule has 0 aliphatic carbocycles. The molecule has 10 heteroatoms. The molecule has 1 aliphatic rings. The van der Waals surface area contributed by atoms with E-state index in [1.54, 1.807) is 25.1 Å². The second kappa shape index (κ2) is 12.4. The van der Waals surface area contributed by atoms with Crippen molar-refractivity contribution in [2.45, 2.75) is 26.0 Å². The lowest BCUT2D eigenvalue weighted by Crippen LogP contribution is -2.47. The van der Waals surface area contributed by atoms with Gasteiger partial charge >= 0.3 is 0 Å². The Balaban J connectivity index is 1.18. The van der Waals surface area contributed by atoms with Gasteiger partial charge in [0.2, 0.25) is 0 Å². The van der Waals surface area contributed by atoms with Crippen molar-refractivity contribution < 1.29 is 21.8 Å². The van der Waals surface area contributed by atoms with Crippen LogP contribution in [-0.2, 0) is 28.1 Å². The predicted molar refractivity (Wildman–Crippen MR) is 150 cm³/mol. The van der Waals surface area contributed by atoms with E-state index in [4.69, 9.17) is 8.60 Å². The zero-order valence-corrected chi connectivity index (χ0v) is 22.7. The topological polar surface area (TPSA) is 105 Å². The lowest BCUT2D eigenvalue weighted by atomic mass is 10.1. The highest BCUT2D eigenvalue weighted by Gasteiger charge is 2.21. The number of amides is 1. The normalized spacial score (nSPS) is 15.1. The van der Waals surface area contributed by atoms with E-state index in [1.165, 1.54) is 0 Å². The van der Waals surface area contributed by atoms with Gasteiger partial charge in [-0.15, -0.1) is 0 Å². The van der Waals surface area contributed by atoms with Crippen LogP contribution in [0.3, 0.4) is 0 Å². The van der Waals surface area contributed by atoms with Crippen LogP contribution in [0.5, 0.6) is 0 Å². The molecule has 1 amide bonds. The molecule has 1 aliphatic heterocycles. The Bertz CT molecular complexity index is 1470. The summed E-state index contributed by atoms with van der Waals surface area (Å²) >= 11 is 0. The number of piperazine rings is 1. The van der Waals surface area contributed by atoms with Gasteiger partial charge in [0.1, 0.15) is 0 Å². The fourth-order valence-electron chi connectivity index (χ4n) is 4.81. The number of carbonyl (C=O) groups is 1. The Hall–Kier alpha value is -3.73. The molecule has 204 valence electrons. The van der Waals surface area contributed by atoms with Crippen molar-refractivity contribution in [1.82, 2.24) is 15.2 Å². The summed E-state index contributed by atoms with van der Waals surface area (Å²) in [5, 5.41) is 3.80. The number of rotatable bonds is 10. The summed E-state index contributed by atoms with van der Waals surface area (Å²) in [4.78, 5) is 22.1. The summed E-state index contributed by atoms with van der Waals surface area (Å²) in [5.74, 6) is -0.0232. The number of hydrogen-bond acceptors (Lipinski definition) is 8. The molecule has 1 unspecified atom stereocenters. The zero-order valence-electron chi connectivity index (χ0n) is 21.8. The maximum atomic E-state index is 12.9. The number of para-hydroxylation sites is 1. The second-order valence-corrected chi connectivity index (χ2v) is 10.3. The fourth-order valence-corrected chi connectivity index (χ4v) is 5.19. The predicted octanol–water partition coefficient (Wildman–Crippen LogP) is 3.73. The van der Waals surface area contributed by atoms with Crippen LogP contribution in [0.15, 0.2) is 77.3 Å². The number of fused-ring (bicyclic) bond motifs is 1. The highest BCUT2D eigenvalue weighted by molar-refractivity contribution is 7.67. The van der Waals surface area contributed by atoms with Crippen LogP contribution >= 0.6 is 0 Å². The van der Waals surface area contributed by atoms with Crippen LogP contribution in [0.2, 0.25) is 0 Å². The van der Waals surface area contributed by atoms with Gasteiger partial charge in [-0.1, -0.05) is 42.5 Å².